The molecule has 0 N–H and O–H groups in total. The molecule has 0 aliphatic heterocycles. The number of rotatable bonds is 6. The number of Topliss-reactive ketones (excluding diaryl/α,β-unsaturated/α-hetero) is 1. The standard InChI is InChI=1S/C15H20O3/c1-4-7-18-15(17)6-5-14(16)13-9-11(2)8-12(3)10-13/h8-10H,4-7H2,1-3H3. The first-order valence-electron chi connectivity index (χ1n) is 6.30. The van der Waals surface area contributed by atoms with Crippen LogP contribution in [0.15, 0.2) is 18.2 Å². The van der Waals surface area contributed by atoms with Crippen LogP contribution in [-0.4, -0.2) is 18.4 Å². The molecule has 3 heteroatoms. The largest absolute Gasteiger partial charge is 0.466 e. The van der Waals surface area contributed by atoms with Crippen LogP contribution in [0.2, 0.25) is 0 Å². The Kier molecular flexibility index (Phi) is 5.56. The zero-order valence-electron chi connectivity index (χ0n) is 11.3. The van der Waals surface area contributed by atoms with Gasteiger partial charge in [-0.05, 0) is 32.4 Å². The van der Waals surface area contributed by atoms with Gasteiger partial charge in [0.25, 0.3) is 0 Å². The van der Waals surface area contributed by atoms with Crippen molar-refractivity contribution in [2.75, 3.05) is 6.61 Å². The third kappa shape index (κ3) is 4.70. The Hall–Kier alpha value is -1.64. The molecule has 1 aromatic rings. The second-order valence-electron chi connectivity index (χ2n) is 4.52. The summed E-state index contributed by atoms with van der Waals surface area (Å²) in [6.07, 6.45) is 1.17. The minimum atomic E-state index is -0.297. The molecule has 18 heavy (non-hydrogen) atoms. The first-order chi connectivity index (χ1) is 8.52. The first-order valence-corrected chi connectivity index (χ1v) is 6.30. The Bertz CT molecular complexity index is 415. The fourth-order valence-corrected chi connectivity index (χ4v) is 1.78. The lowest BCUT2D eigenvalue weighted by atomic mass is 10.0. The maximum atomic E-state index is 11.9. The predicted molar refractivity (Wildman–Crippen MR) is 70.7 cm³/mol. The molecule has 0 bridgehead atoms. The molecule has 3 nitrogen and oxygen atoms in total. The van der Waals surface area contributed by atoms with Gasteiger partial charge in [0.15, 0.2) is 5.78 Å². The van der Waals surface area contributed by atoms with E-state index < -0.39 is 0 Å². The predicted octanol–water partition coefficient (Wildman–Crippen LogP) is 3.22. The van der Waals surface area contributed by atoms with Gasteiger partial charge in [0, 0.05) is 12.0 Å². The third-order valence-electron chi connectivity index (χ3n) is 2.57. The highest BCUT2D eigenvalue weighted by Crippen LogP contribution is 2.12. The van der Waals surface area contributed by atoms with E-state index in [1.807, 2.05) is 39.0 Å². The second kappa shape index (κ2) is 6.94. The number of aryl methyl sites for hydroxylation is 2. The Morgan fingerprint density at radius 1 is 1.06 bits per heavy atom. The molecule has 0 aromatic heterocycles. The van der Waals surface area contributed by atoms with E-state index in [0.29, 0.717) is 12.2 Å². The molecule has 1 rings (SSSR count). The molecule has 0 amide bonds. The van der Waals surface area contributed by atoms with Gasteiger partial charge in [-0.3, -0.25) is 9.59 Å². The molecule has 0 saturated heterocycles. The summed E-state index contributed by atoms with van der Waals surface area (Å²) in [4.78, 5) is 23.2. The van der Waals surface area contributed by atoms with Crippen molar-refractivity contribution in [2.24, 2.45) is 0 Å². The second-order valence-corrected chi connectivity index (χ2v) is 4.52. The number of benzene rings is 1. The molecule has 0 atom stereocenters. The number of esters is 1. The number of carbonyl (C=O) groups excluding carboxylic acids is 2. The molecule has 0 spiro atoms. The molecule has 0 radical (unpaired) electrons. The number of ketones is 1. The Morgan fingerprint density at radius 3 is 2.22 bits per heavy atom. The highest BCUT2D eigenvalue weighted by atomic mass is 16.5. The lowest BCUT2D eigenvalue weighted by Gasteiger charge is -2.05. The number of carbonyl (C=O) groups is 2. The number of ether oxygens (including phenoxy) is 1. The Balaban J connectivity index is 2.52. The molecular formula is C15H20O3. The average Bonchev–Trinajstić information content (AvgIpc) is 2.32. The van der Waals surface area contributed by atoms with Crippen LogP contribution in [0.4, 0.5) is 0 Å². The van der Waals surface area contributed by atoms with E-state index >= 15 is 0 Å². The van der Waals surface area contributed by atoms with Crippen molar-refractivity contribution >= 4 is 11.8 Å². The smallest absolute Gasteiger partial charge is 0.306 e. The van der Waals surface area contributed by atoms with Crippen LogP contribution in [0.25, 0.3) is 0 Å². The van der Waals surface area contributed by atoms with Crippen LogP contribution in [0.5, 0.6) is 0 Å². The molecule has 0 saturated carbocycles. The van der Waals surface area contributed by atoms with E-state index in [1.54, 1.807) is 0 Å². The zero-order valence-corrected chi connectivity index (χ0v) is 11.3. The van der Waals surface area contributed by atoms with Gasteiger partial charge in [0.05, 0.1) is 13.0 Å². The van der Waals surface area contributed by atoms with Crippen LogP contribution in [0, 0.1) is 13.8 Å². The average molecular weight is 248 g/mol. The minimum absolute atomic E-state index is 0.00440. The van der Waals surface area contributed by atoms with Crippen molar-refractivity contribution in [1.82, 2.24) is 0 Å². The highest BCUT2D eigenvalue weighted by molar-refractivity contribution is 5.97. The van der Waals surface area contributed by atoms with Crippen molar-refractivity contribution in [1.29, 1.82) is 0 Å². The molecule has 1 aromatic carbocycles. The van der Waals surface area contributed by atoms with Crippen molar-refractivity contribution in [2.45, 2.75) is 40.0 Å². The van der Waals surface area contributed by atoms with E-state index in [4.69, 9.17) is 4.74 Å². The molecule has 0 aliphatic rings. The fourth-order valence-electron chi connectivity index (χ4n) is 1.78. The van der Waals surface area contributed by atoms with Gasteiger partial charge in [-0.1, -0.05) is 24.1 Å². The molecule has 0 fully saturated rings. The summed E-state index contributed by atoms with van der Waals surface area (Å²) in [5, 5.41) is 0. The third-order valence-corrected chi connectivity index (χ3v) is 2.57. The van der Waals surface area contributed by atoms with Gasteiger partial charge >= 0.3 is 5.97 Å². The molecular weight excluding hydrogens is 228 g/mol. The maximum absolute atomic E-state index is 11.9. The van der Waals surface area contributed by atoms with E-state index in [-0.39, 0.29) is 24.6 Å². The van der Waals surface area contributed by atoms with Gasteiger partial charge in [-0.25, -0.2) is 0 Å². The molecule has 0 aliphatic carbocycles. The lowest BCUT2D eigenvalue weighted by Crippen LogP contribution is -2.09. The minimum Gasteiger partial charge on any atom is -0.466 e. The van der Waals surface area contributed by atoms with Crippen molar-refractivity contribution in [3.05, 3.63) is 34.9 Å². The first kappa shape index (κ1) is 14.4. The van der Waals surface area contributed by atoms with Crippen molar-refractivity contribution in [3.8, 4) is 0 Å². The van der Waals surface area contributed by atoms with E-state index in [2.05, 4.69) is 0 Å². The Labute approximate surface area is 108 Å². The number of hydrogen-bond acceptors (Lipinski definition) is 3. The van der Waals surface area contributed by atoms with Gasteiger partial charge in [0.1, 0.15) is 0 Å². The maximum Gasteiger partial charge on any atom is 0.306 e. The SMILES string of the molecule is CCCOC(=O)CCC(=O)c1cc(C)cc(C)c1. The van der Waals surface area contributed by atoms with Gasteiger partial charge in [0.2, 0.25) is 0 Å². The monoisotopic (exact) mass is 248 g/mol. The van der Waals surface area contributed by atoms with Crippen LogP contribution in [0.1, 0.15) is 47.7 Å². The quantitative estimate of drug-likeness (QED) is 0.573. The summed E-state index contributed by atoms with van der Waals surface area (Å²) in [6, 6.07) is 5.73. The normalized spacial score (nSPS) is 10.2. The van der Waals surface area contributed by atoms with Gasteiger partial charge in [-0.2, -0.15) is 0 Å². The van der Waals surface area contributed by atoms with Crippen molar-refractivity contribution < 1.29 is 14.3 Å². The molecule has 98 valence electrons. The topological polar surface area (TPSA) is 43.4 Å². The summed E-state index contributed by atoms with van der Waals surface area (Å²) in [7, 11) is 0. The summed E-state index contributed by atoms with van der Waals surface area (Å²) in [5.74, 6) is -0.301. The summed E-state index contributed by atoms with van der Waals surface area (Å²) in [6.45, 7) is 6.28. The molecule has 0 unspecified atom stereocenters. The molecule has 0 heterocycles. The van der Waals surface area contributed by atoms with Gasteiger partial charge < -0.3 is 4.74 Å². The van der Waals surface area contributed by atoms with Crippen LogP contribution in [0.3, 0.4) is 0 Å². The summed E-state index contributed by atoms with van der Waals surface area (Å²) >= 11 is 0. The van der Waals surface area contributed by atoms with Crippen LogP contribution >= 0.6 is 0 Å². The van der Waals surface area contributed by atoms with E-state index in [0.717, 1.165) is 17.5 Å². The van der Waals surface area contributed by atoms with E-state index in [9.17, 15) is 9.59 Å². The van der Waals surface area contributed by atoms with Gasteiger partial charge in [-0.15, -0.1) is 0 Å². The van der Waals surface area contributed by atoms with Crippen LogP contribution in [-0.2, 0) is 9.53 Å². The summed E-state index contributed by atoms with van der Waals surface area (Å²) in [5.41, 5.74) is 2.80. The van der Waals surface area contributed by atoms with Crippen molar-refractivity contribution in [3.63, 3.8) is 0 Å². The highest BCUT2D eigenvalue weighted by Gasteiger charge is 2.10. The number of hydrogen-bond donors (Lipinski definition) is 0. The fraction of sp³-hybridized carbons (Fsp3) is 0.467. The summed E-state index contributed by atoms with van der Waals surface area (Å²) < 4.78 is 4.93. The van der Waals surface area contributed by atoms with E-state index in [1.165, 1.54) is 0 Å². The Morgan fingerprint density at radius 2 is 1.67 bits per heavy atom. The lowest BCUT2D eigenvalue weighted by molar-refractivity contribution is -0.143. The zero-order chi connectivity index (χ0) is 13.5. The van der Waals surface area contributed by atoms with Crippen LogP contribution < -0.4 is 0 Å².